The number of thiazole rings is 1. The first-order valence-electron chi connectivity index (χ1n) is 17.1. The molecule has 2 aromatic heterocycles. The first-order chi connectivity index (χ1) is 23.1. The second-order valence-corrected chi connectivity index (χ2v) is 14.7. The van der Waals surface area contributed by atoms with E-state index in [1.165, 1.54) is 0 Å². The average molecular weight is 672 g/mol. The molecule has 1 aromatic carbocycles. The van der Waals surface area contributed by atoms with E-state index in [4.69, 9.17) is 19.4 Å². The van der Waals surface area contributed by atoms with Crippen LogP contribution in [0.5, 0.6) is 11.5 Å². The van der Waals surface area contributed by atoms with Crippen LogP contribution >= 0.6 is 11.3 Å². The average Bonchev–Trinajstić information content (AvgIpc) is 3.38. The zero-order valence-electron chi connectivity index (χ0n) is 28.5. The number of Topliss-reactive ketones (excluding diaryl/α,β-unsaturated/α-hetero) is 1. The van der Waals surface area contributed by atoms with E-state index in [2.05, 4.69) is 31.9 Å². The van der Waals surface area contributed by atoms with E-state index >= 15 is 0 Å². The van der Waals surface area contributed by atoms with Crippen LogP contribution in [0.15, 0.2) is 41.5 Å². The summed E-state index contributed by atoms with van der Waals surface area (Å²) in [4.78, 5) is 52.1. The number of allylic oxidation sites excluding steroid dienone is 1. The van der Waals surface area contributed by atoms with Crippen LogP contribution < -0.4 is 9.47 Å². The number of ether oxygens (including phenoxy) is 2. The molecule has 254 valence electrons. The van der Waals surface area contributed by atoms with Gasteiger partial charge in [0.05, 0.1) is 29.7 Å². The highest BCUT2D eigenvalue weighted by Gasteiger charge is 2.61. The van der Waals surface area contributed by atoms with Gasteiger partial charge in [-0.15, -0.1) is 17.1 Å². The minimum Gasteiger partial charge on any atom is -0.496 e. The van der Waals surface area contributed by atoms with Gasteiger partial charge in [-0.3, -0.25) is 14.4 Å². The van der Waals surface area contributed by atoms with E-state index in [0.717, 1.165) is 52.2 Å². The Morgan fingerprint density at radius 2 is 1.96 bits per heavy atom. The van der Waals surface area contributed by atoms with Gasteiger partial charge < -0.3 is 19.5 Å². The first-order valence-corrected chi connectivity index (χ1v) is 18.0. The molecule has 3 aromatic rings. The summed E-state index contributed by atoms with van der Waals surface area (Å²) in [6.45, 7) is 6.87. The second kappa shape index (κ2) is 13.8. The number of hydrogen-bond donors (Lipinski definition) is 1. The van der Waals surface area contributed by atoms with Crippen molar-refractivity contribution in [2.75, 3.05) is 20.7 Å². The highest BCUT2D eigenvalue weighted by atomic mass is 32.1. The number of pyridine rings is 1. The predicted octanol–water partition coefficient (Wildman–Crippen LogP) is 7.23. The summed E-state index contributed by atoms with van der Waals surface area (Å²) in [5.41, 5.74) is 5.45. The third-order valence-electron chi connectivity index (χ3n) is 10.4. The van der Waals surface area contributed by atoms with Crippen LogP contribution in [-0.2, 0) is 20.8 Å². The van der Waals surface area contributed by atoms with Crippen LogP contribution in [0.2, 0.25) is 0 Å². The van der Waals surface area contributed by atoms with Crippen molar-refractivity contribution in [2.45, 2.75) is 84.2 Å². The number of nitrogens with zero attached hydrogens (tertiary/aromatic N) is 3. The van der Waals surface area contributed by atoms with E-state index in [1.807, 2.05) is 30.4 Å². The maximum Gasteiger partial charge on any atom is 0.310 e. The molecular formula is C38H45N3O6S. The highest BCUT2D eigenvalue weighted by molar-refractivity contribution is 7.13. The van der Waals surface area contributed by atoms with Gasteiger partial charge in [0.25, 0.3) is 0 Å². The molecule has 48 heavy (non-hydrogen) atoms. The quantitative estimate of drug-likeness (QED) is 0.262. The monoisotopic (exact) mass is 671 g/mol. The minimum atomic E-state index is -1.13. The fraction of sp³-hybridized carbons (Fsp3) is 0.526. The molecule has 0 saturated heterocycles. The van der Waals surface area contributed by atoms with E-state index in [0.29, 0.717) is 43.7 Å². The van der Waals surface area contributed by atoms with Crippen LogP contribution in [0.4, 0.5) is 0 Å². The number of carboxylic acid groups (broad SMARTS) is 1. The van der Waals surface area contributed by atoms with Crippen molar-refractivity contribution in [1.29, 1.82) is 0 Å². The molecule has 3 aliphatic rings. The fourth-order valence-corrected chi connectivity index (χ4v) is 8.32. The smallest absolute Gasteiger partial charge is 0.310 e. The minimum absolute atomic E-state index is 0.0815. The SMILES string of the molecule is CCc1c(OC)ccc2c(O[C@@H]3C[C@H]4C(=O)C[C@]5(C(=O)O)C[C@H]5C=C=CCCCCN(C)C(=O)[C@@H]4C3)cc(-c3nc(C(C)C)cs3)nc12. The standard InChI is InChI=1S/C38H45N3O6S/c1-6-25-32(46-5)14-13-26-33(18-29(39-34(25)26)35-40-30(21-48-35)22(2)3)47-24-16-27-28(17-24)36(43)41(4)15-11-9-7-8-10-12-23-19-38(23,37(44)45)20-31(27)42/h8,12-14,18,21-24,27-28H,6-7,9,11,15-17,19-20H2,1-5H3,(H,44,45)/t10?,23-,24-,27-,28-,38-/m1/s1. The van der Waals surface area contributed by atoms with Crippen molar-refractivity contribution in [1.82, 2.24) is 14.9 Å². The van der Waals surface area contributed by atoms with Crippen molar-refractivity contribution >= 4 is 39.9 Å². The molecule has 2 saturated carbocycles. The van der Waals surface area contributed by atoms with Crippen LogP contribution in [-0.4, -0.2) is 64.4 Å². The molecule has 0 radical (unpaired) electrons. The van der Waals surface area contributed by atoms with Crippen molar-refractivity contribution in [2.24, 2.45) is 23.2 Å². The number of fused-ring (bicyclic) bond motifs is 3. The normalized spacial score (nSPS) is 26.2. The molecule has 0 spiro atoms. The number of rotatable bonds is 7. The molecule has 2 aliphatic carbocycles. The number of aromatic nitrogens is 2. The topological polar surface area (TPSA) is 119 Å². The lowest BCUT2D eigenvalue weighted by Crippen LogP contribution is -2.38. The number of carbonyl (C=O) groups is 3. The summed E-state index contributed by atoms with van der Waals surface area (Å²) in [7, 11) is 3.45. The molecule has 0 bridgehead atoms. The number of aryl methyl sites for hydroxylation is 1. The number of amides is 1. The third kappa shape index (κ3) is 6.52. The summed E-state index contributed by atoms with van der Waals surface area (Å²) in [5, 5.41) is 13.9. The molecule has 2 fully saturated rings. The lowest BCUT2D eigenvalue weighted by molar-refractivity contribution is -0.147. The number of carboxylic acids is 1. The van der Waals surface area contributed by atoms with E-state index in [9.17, 15) is 19.5 Å². The Morgan fingerprint density at radius 1 is 1.17 bits per heavy atom. The van der Waals surface area contributed by atoms with Gasteiger partial charge in [0, 0.05) is 54.2 Å². The number of hydrogen-bond acceptors (Lipinski definition) is 8. The summed E-state index contributed by atoms with van der Waals surface area (Å²) >= 11 is 1.54. The number of ketones is 1. The molecule has 3 heterocycles. The summed E-state index contributed by atoms with van der Waals surface area (Å²) in [6.07, 6.45) is 7.57. The lowest BCUT2D eigenvalue weighted by Gasteiger charge is -2.25. The summed E-state index contributed by atoms with van der Waals surface area (Å²) in [6, 6.07) is 5.79. The third-order valence-corrected chi connectivity index (χ3v) is 11.3. The van der Waals surface area contributed by atoms with Gasteiger partial charge in [-0.2, -0.15) is 0 Å². The Labute approximate surface area is 286 Å². The molecule has 10 heteroatoms. The van der Waals surface area contributed by atoms with Crippen molar-refractivity contribution in [3.63, 3.8) is 0 Å². The fourth-order valence-electron chi connectivity index (χ4n) is 7.38. The number of methoxy groups -OCH3 is 1. The zero-order valence-corrected chi connectivity index (χ0v) is 29.3. The molecule has 5 atom stereocenters. The molecular weight excluding hydrogens is 627 g/mol. The number of aliphatic carboxylic acids is 1. The number of carbonyl (C=O) groups excluding carboxylic acids is 2. The molecule has 9 nitrogen and oxygen atoms in total. The van der Waals surface area contributed by atoms with Gasteiger partial charge in [-0.25, -0.2) is 9.97 Å². The van der Waals surface area contributed by atoms with Crippen LogP contribution in [0, 0.1) is 23.2 Å². The van der Waals surface area contributed by atoms with Gasteiger partial charge in [0.2, 0.25) is 5.91 Å². The zero-order chi connectivity index (χ0) is 34.2. The van der Waals surface area contributed by atoms with Crippen LogP contribution in [0.3, 0.4) is 0 Å². The lowest BCUT2D eigenvalue weighted by atomic mass is 9.84. The Hall–Kier alpha value is -4.01. The molecule has 1 amide bonds. The van der Waals surface area contributed by atoms with Gasteiger partial charge in [0.15, 0.2) is 0 Å². The maximum atomic E-state index is 14.0. The van der Waals surface area contributed by atoms with E-state index < -0.39 is 29.3 Å². The van der Waals surface area contributed by atoms with Crippen LogP contribution in [0.25, 0.3) is 21.6 Å². The summed E-state index contributed by atoms with van der Waals surface area (Å²) in [5.74, 6) is -1.02. The highest BCUT2D eigenvalue weighted by Crippen LogP contribution is 2.57. The summed E-state index contributed by atoms with van der Waals surface area (Å²) < 4.78 is 12.5. The second-order valence-electron chi connectivity index (χ2n) is 13.9. The van der Waals surface area contributed by atoms with Gasteiger partial charge in [-0.05, 0) is 75.1 Å². The van der Waals surface area contributed by atoms with Gasteiger partial charge in [-0.1, -0.05) is 20.8 Å². The Bertz CT molecular complexity index is 1790. The van der Waals surface area contributed by atoms with Crippen molar-refractivity contribution in [3.8, 4) is 22.2 Å². The van der Waals surface area contributed by atoms with Gasteiger partial charge in [0.1, 0.15) is 34.1 Å². The van der Waals surface area contributed by atoms with Crippen LogP contribution in [0.1, 0.15) is 82.9 Å². The van der Waals surface area contributed by atoms with Gasteiger partial charge >= 0.3 is 5.97 Å². The molecule has 1 aliphatic heterocycles. The van der Waals surface area contributed by atoms with Crippen molar-refractivity contribution < 1.29 is 29.0 Å². The Kier molecular flexibility index (Phi) is 9.77. The molecule has 1 N–H and O–H groups in total. The number of benzene rings is 1. The predicted molar refractivity (Wildman–Crippen MR) is 185 cm³/mol. The van der Waals surface area contributed by atoms with E-state index in [-0.39, 0.29) is 29.9 Å². The van der Waals surface area contributed by atoms with E-state index in [1.54, 1.807) is 30.4 Å². The van der Waals surface area contributed by atoms with Crippen molar-refractivity contribution in [3.05, 3.63) is 52.7 Å². The Balaban J connectivity index is 1.36. The molecule has 6 rings (SSSR count). The maximum absolute atomic E-state index is 14.0. The first kappa shape index (κ1) is 33.9. The largest absolute Gasteiger partial charge is 0.496 e. The Morgan fingerprint density at radius 3 is 2.67 bits per heavy atom. The molecule has 0 unspecified atom stereocenters.